The Hall–Kier alpha value is -1.59. The molecule has 0 spiro atoms. The van der Waals surface area contributed by atoms with Gasteiger partial charge in [-0.2, -0.15) is 5.10 Å². The lowest BCUT2D eigenvalue weighted by atomic mass is 10.0. The Morgan fingerprint density at radius 1 is 1.38 bits per heavy atom. The molecule has 1 aromatic heterocycles. The van der Waals surface area contributed by atoms with Crippen LogP contribution in [0.1, 0.15) is 24.9 Å². The molecule has 0 saturated heterocycles. The lowest BCUT2D eigenvalue weighted by Crippen LogP contribution is -2.40. The number of fused-ring (bicyclic) bond motifs is 1. The minimum atomic E-state index is -0.437. The largest absolute Gasteiger partial charge is 0.309 e. The van der Waals surface area contributed by atoms with Crippen molar-refractivity contribution in [2.45, 2.75) is 25.8 Å². The zero-order valence-electron chi connectivity index (χ0n) is 11.5. The molecule has 0 unspecified atom stereocenters. The van der Waals surface area contributed by atoms with Crippen molar-refractivity contribution in [2.75, 3.05) is 11.4 Å². The van der Waals surface area contributed by atoms with Gasteiger partial charge < -0.3 is 4.90 Å². The van der Waals surface area contributed by atoms with Crippen molar-refractivity contribution in [3.63, 3.8) is 0 Å². The Morgan fingerprint density at radius 3 is 2.90 bits per heavy atom. The molecule has 0 saturated carbocycles. The second-order valence-electron chi connectivity index (χ2n) is 5.01. The fraction of sp³-hybridized carbons (Fsp3) is 0.357. The third kappa shape index (κ3) is 2.51. The Morgan fingerprint density at radius 2 is 2.19 bits per heavy atom. The second-order valence-corrected chi connectivity index (χ2v) is 5.80. The van der Waals surface area contributed by atoms with Gasteiger partial charge in [0.2, 0.25) is 0 Å². The van der Waals surface area contributed by atoms with Crippen LogP contribution in [0.2, 0.25) is 10.0 Å². The highest BCUT2D eigenvalue weighted by Gasteiger charge is 2.30. The molecule has 0 bridgehead atoms. The molecule has 1 aliphatic rings. The summed E-state index contributed by atoms with van der Waals surface area (Å²) in [6.45, 7) is 2.43. The van der Waals surface area contributed by atoms with E-state index in [1.165, 1.54) is 17.3 Å². The predicted octanol–water partition coefficient (Wildman–Crippen LogP) is 3.13. The molecular weight excluding hydrogens is 311 g/mol. The number of nitrogens with zero attached hydrogens (tertiary/aromatic N) is 4. The molecule has 110 valence electrons. The van der Waals surface area contributed by atoms with Crippen LogP contribution in [0.25, 0.3) is 0 Å². The Balaban J connectivity index is 1.98. The summed E-state index contributed by atoms with van der Waals surface area (Å²) in [7, 11) is 0. The first-order valence-corrected chi connectivity index (χ1v) is 7.47. The smallest absolute Gasteiger partial charge is 0.251 e. The maximum atomic E-state index is 12.8. The fourth-order valence-electron chi connectivity index (χ4n) is 2.59. The van der Waals surface area contributed by atoms with Crippen molar-refractivity contribution in [3.05, 3.63) is 40.4 Å². The molecule has 2 heterocycles. The van der Waals surface area contributed by atoms with Crippen LogP contribution in [0.3, 0.4) is 0 Å². The molecule has 7 heteroatoms. The lowest BCUT2D eigenvalue weighted by molar-refractivity contribution is -0.121. The number of hydrogen-bond donors (Lipinski definition) is 0. The van der Waals surface area contributed by atoms with Gasteiger partial charge in [-0.3, -0.25) is 4.79 Å². The zero-order chi connectivity index (χ0) is 15.0. The van der Waals surface area contributed by atoms with E-state index in [0.29, 0.717) is 16.6 Å². The monoisotopic (exact) mass is 324 g/mol. The SMILES string of the molecule is C[C@@H](C(=O)N1CCCc2ccc(Cl)c(Cl)c21)n1cncn1. The first-order valence-electron chi connectivity index (χ1n) is 6.72. The Kier molecular flexibility index (Phi) is 3.87. The van der Waals surface area contributed by atoms with Gasteiger partial charge in [-0.05, 0) is 31.4 Å². The summed E-state index contributed by atoms with van der Waals surface area (Å²) in [6.07, 6.45) is 4.75. The van der Waals surface area contributed by atoms with E-state index < -0.39 is 6.04 Å². The summed E-state index contributed by atoms with van der Waals surface area (Å²) in [4.78, 5) is 18.3. The van der Waals surface area contributed by atoms with Crippen molar-refractivity contribution in [1.29, 1.82) is 0 Å². The minimum absolute atomic E-state index is 0.0642. The van der Waals surface area contributed by atoms with Crippen LogP contribution in [-0.2, 0) is 11.2 Å². The summed E-state index contributed by atoms with van der Waals surface area (Å²) < 4.78 is 1.54. The van der Waals surface area contributed by atoms with E-state index in [1.807, 2.05) is 6.07 Å². The van der Waals surface area contributed by atoms with Crippen molar-refractivity contribution < 1.29 is 4.79 Å². The molecule has 1 aliphatic heterocycles. The maximum Gasteiger partial charge on any atom is 0.251 e. The number of benzene rings is 1. The number of amides is 1. The standard InChI is InChI=1S/C14H14Cl2N4O/c1-9(20-8-17-7-18-20)14(21)19-6-2-3-10-4-5-11(15)12(16)13(10)19/h4-5,7-9H,2-3,6H2,1H3/t9-/m0/s1. The lowest BCUT2D eigenvalue weighted by Gasteiger charge is -2.32. The molecule has 3 rings (SSSR count). The fourth-order valence-corrected chi connectivity index (χ4v) is 3.03. The zero-order valence-corrected chi connectivity index (χ0v) is 13.0. The molecule has 5 nitrogen and oxygen atoms in total. The average molecular weight is 325 g/mol. The number of aryl methyl sites for hydroxylation is 1. The highest BCUT2D eigenvalue weighted by Crippen LogP contribution is 2.39. The maximum absolute atomic E-state index is 12.8. The number of rotatable bonds is 2. The first kappa shape index (κ1) is 14.4. The van der Waals surface area contributed by atoms with Crippen LogP contribution in [0.15, 0.2) is 24.8 Å². The molecule has 1 atom stereocenters. The third-order valence-corrected chi connectivity index (χ3v) is 4.50. The van der Waals surface area contributed by atoms with Gasteiger partial charge in [0, 0.05) is 6.54 Å². The molecule has 21 heavy (non-hydrogen) atoms. The molecule has 0 N–H and O–H groups in total. The Labute approximate surface area is 132 Å². The van der Waals surface area contributed by atoms with Crippen LogP contribution >= 0.6 is 23.2 Å². The van der Waals surface area contributed by atoms with Crippen LogP contribution in [0.4, 0.5) is 5.69 Å². The third-order valence-electron chi connectivity index (χ3n) is 3.71. The number of carbonyl (C=O) groups is 1. The highest BCUT2D eigenvalue weighted by atomic mass is 35.5. The number of aromatic nitrogens is 3. The van der Waals surface area contributed by atoms with Gasteiger partial charge in [0.25, 0.3) is 5.91 Å². The van der Waals surface area contributed by atoms with Gasteiger partial charge in [-0.15, -0.1) is 0 Å². The van der Waals surface area contributed by atoms with Crippen LogP contribution < -0.4 is 4.90 Å². The van der Waals surface area contributed by atoms with E-state index in [2.05, 4.69) is 10.1 Å². The van der Waals surface area contributed by atoms with Gasteiger partial charge in [-0.1, -0.05) is 29.3 Å². The van der Waals surface area contributed by atoms with E-state index in [1.54, 1.807) is 17.9 Å². The summed E-state index contributed by atoms with van der Waals surface area (Å²) in [5.74, 6) is -0.0642. The van der Waals surface area contributed by atoms with E-state index in [0.717, 1.165) is 24.1 Å². The number of halogens is 2. The number of carbonyl (C=O) groups excluding carboxylic acids is 1. The normalized spacial score (nSPS) is 15.7. The predicted molar refractivity (Wildman–Crippen MR) is 81.9 cm³/mol. The average Bonchev–Trinajstić information content (AvgIpc) is 3.03. The van der Waals surface area contributed by atoms with E-state index in [9.17, 15) is 4.79 Å². The quantitative estimate of drug-likeness (QED) is 0.852. The topological polar surface area (TPSA) is 51.0 Å². The molecule has 2 aromatic rings. The molecule has 1 aromatic carbocycles. The van der Waals surface area contributed by atoms with Crippen molar-refractivity contribution in [3.8, 4) is 0 Å². The van der Waals surface area contributed by atoms with Crippen LogP contribution in [0.5, 0.6) is 0 Å². The molecular formula is C14H14Cl2N4O. The first-order chi connectivity index (χ1) is 10.1. The van der Waals surface area contributed by atoms with Crippen molar-refractivity contribution in [2.24, 2.45) is 0 Å². The number of anilines is 1. The minimum Gasteiger partial charge on any atom is -0.309 e. The Bertz CT molecular complexity index is 672. The number of hydrogen-bond acceptors (Lipinski definition) is 3. The highest BCUT2D eigenvalue weighted by molar-refractivity contribution is 6.44. The van der Waals surface area contributed by atoms with Gasteiger partial charge in [0.1, 0.15) is 18.7 Å². The molecule has 1 amide bonds. The van der Waals surface area contributed by atoms with Gasteiger partial charge >= 0.3 is 0 Å². The summed E-state index contributed by atoms with van der Waals surface area (Å²) in [6, 6.07) is 3.27. The van der Waals surface area contributed by atoms with Crippen molar-refractivity contribution >= 4 is 34.8 Å². The molecule has 0 fully saturated rings. The molecule has 0 aliphatic carbocycles. The van der Waals surface area contributed by atoms with Gasteiger partial charge in [0.15, 0.2) is 0 Å². The summed E-state index contributed by atoms with van der Waals surface area (Å²) >= 11 is 12.4. The molecule has 0 radical (unpaired) electrons. The van der Waals surface area contributed by atoms with Gasteiger partial charge in [0.05, 0.1) is 15.7 Å². The van der Waals surface area contributed by atoms with Gasteiger partial charge in [-0.25, -0.2) is 9.67 Å². The van der Waals surface area contributed by atoms with Crippen molar-refractivity contribution in [1.82, 2.24) is 14.8 Å². The summed E-state index contributed by atoms with van der Waals surface area (Å²) in [5, 5.41) is 4.93. The second kappa shape index (κ2) is 5.66. The van der Waals surface area contributed by atoms with E-state index >= 15 is 0 Å². The van der Waals surface area contributed by atoms with E-state index in [4.69, 9.17) is 23.2 Å². The van der Waals surface area contributed by atoms with Crippen LogP contribution in [-0.4, -0.2) is 27.2 Å². The summed E-state index contributed by atoms with van der Waals surface area (Å²) in [5.41, 5.74) is 1.78. The van der Waals surface area contributed by atoms with Crippen LogP contribution in [0, 0.1) is 0 Å². The van der Waals surface area contributed by atoms with E-state index in [-0.39, 0.29) is 5.91 Å².